The van der Waals surface area contributed by atoms with Crippen LogP contribution in [-0.2, 0) is 4.74 Å². The van der Waals surface area contributed by atoms with Crippen LogP contribution in [0.4, 0.5) is 0 Å². The average Bonchev–Trinajstić information content (AvgIpc) is 2.56. The highest BCUT2D eigenvalue weighted by Gasteiger charge is 2.17. The molecule has 2 aromatic carbocycles. The van der Waals surface area contributed by atoms with Crippen LogP contribution in [0.2, 0.25) is 0 Å². The van der Waals surface area contributed by atoms with Gasteiger partial charge in [0.05, 0.1) is 12.1 Å². The van der Waals surface area contributed by atoms with Crippen LogP contribution in [0.25, 0.3) is 16.6 Å². The van der Waals surface area contributed by atoms with Gasteiger partial charge in [-0.2, -0.15) is 0 Å². The van der Waals surface area contributed by atoms with E-state index in [4.69, 9.17) is 4.74 Å². The molecule has 0 bridgehead atoms. The molecule has 0 amide bonds. The first kappa shape index (κ1) is 15.0. The summed E-state index contributed by atoms with van der Waals surface area (Å²) >= 11 is 0. The molecule has 0 aliphatic carbocycles. The Morgan fingerprint density at radius 2 is 1.78 bits per heavy atom. The second-order valence-corrected chi connectivity index (χ2v) is 5.27. The van der Waals surface area contributed by atoms with E-state index >= 15 is 0 Å². The third kappa shape index (κ3) is 2.63. The number of aryl methyl sites for hydroxylation is 1. The van der Waals surface area contributed by atoms with Crippen LogP contribution in [0, 0.1) is 6.92 Å². The molecule has 3 aromatic rings. The molecule has 0 aliphatic heterocycles. The number of carbonyl (C=O) groups excluding carboxylic acids is 1. The number of hydrogen-bond acceptors (Lipinski definition) is 3. The van der Waals surface area contributed by atoms with Crippen molar-refractivity contribution >= 4 is 16.9 Å². The number of nitrogens with zero attached hydrogens (tertiary/aromatic N) is 1. The van der Waals surface area contributed by atoms with Gasteiger partial charge in [-0.15, -0.1) is 0 Å². The van der Waals surface area contributed by atoms with Crippen molar-refractivity contribution in [3.8, 4) is 5.69 Å². The van der Waals surface area contributed by atoms with Gasteiger partial charge in [0.25, 0.3) is 0 Å². The first-order chi connectivity index (χ1) is 11.1. The van der Waals surface area contributed by atoms with Crippen molar-refractivity contribution in [1.82, 2.24) is 4.57 Å². The van der Waals surface area contributed by atoms with Crippen molar-refractivity contribution in [3.63, 3.8) is 0 Å². The Kier molecular flexibility index (Phi) is 3.98. The van der Waals surface area contributed by atoms with Crippen LogP contribution < -0.4 is 5.43 Å². The van der Waals surface area contributed by atoms with Crippen LogP contribution in [0.5, 0.6) is 0 Å². The summed E-state index contributed by atoms with van der Waals surface area (Å²) in [4.78, 5) is 24.7. The number of ether oxygens (including phenoxy) is 1. The number of rotatable bonds is 3. The highest BCUT2D eigenvalue weighted by atomic mass is 16.5. The molecule has 0 atom stereocenters. The van der Waals surface area contributed by atoms with Crippen LogP contribution in [0.15, 0.2) is 59.5 Å². The molecule has 0 aliphatic rings. The maximum absolute atomic E-state index is 12.6. The normalized spacial score (nSPS) is 10.7. The second-order valence-electron chi connectivity index (χ2n) is 5.27. The van der Waals surface area contributed by atoms with Gasteiger partial charge in [-0.1, -0.05) is 30.3 Å². The minimum Gasteiger partial charge on any atom is -0.462 e. The molecule has 0 unspecified atom stereocenters. The molecule has 0 fully saturated rings. The van der Waals surface area contributed by atoms with Gasteiger partial charge in [-0.3, -0.25) is 4.79 Å². The summed E-state index contributed by atoms with van der Waals surface area (Å²) in [6.45, 7) is 3.94. The molecule has 116 valence electrons. The Bertz CT molecular complexity index is 941. The lowest BCUT2D eigenvalue weighted by atomic mass is 10.1. The highest BCUT2D eigenvalue weighted by Crippen LogP contribution is 2.20. The number of aromatic nitrogens is 1. The van der Waals surface area contributed by atoms with Crippen molar-refractivity contribution < 1.29 is 9.53 Å². The van der Waals surface area contributed by atoms with Gasteiger partial charge in [0, 0.05) is 17.3 Å². The molecule has 0 spiro atoms. The van der Waals surface area contributed by atoms with Gasteiger partial charge < -0.3 is 9.30 Å². The van der Waals surface area contributed by atoms with Crippen LogP contribution in [0.3, 0.4) is 0 Å². The topological polar surface area (TPSA) is 48.3 Å². The monoisotopic (exact) mass is 307 g/mol. The minimum atomic E-state index is -0.592. The fourth-order valence-electron chi connectivity index (χ4n) is 2.67. The standard InChI is InChI=1S/C19H17NO3/c1-3-23-19(22)15-12-20(16-10-6-4-8-13(16)2)17-11-7-5-9-14(17)18(15)21/h4-12H,3H2,1-2H3. The fourth-order valence-corrected chi connectivity index (χ4v) is 2.67. The number of carbonyl (C=O) groups is 1. The summed E-state index contributed by atoms with van der Waals surface area (Å²) < 4.78 is 6.90. The molecule has 0 radical (unpaired) electrons. The van der Waals surface area contributed by atoms with Crippen molar-refractivity contribution in [1.29, 1.82) is 0 Å². The van der Waals surface area contributed by atoms with Crippen LogP contribution in [-0.4, -0.2) is 17.1 Å². The van der Waals surface area contributed by atoms with Crippen molar-refractivity contribution in [2.24, 2.45) is 0 Å². The maximum atomic E-state index is 12.6. The SMILES string of the molecule is CCOC(=O)c1cn(-c2ccccc2C)c2ccccc2c1=O. The zero-order valence-electron chi connectivity index (χ0n) is 13.1. The van der Waals surface area contributed by atoms with Gasteiger partial charge in [-0.05, 0) is 37.6 Å². The molecule has 23 heavy (non-hydrogen) atoms. The summed E-state index contributed by atoms with van der Waals surface area (Å²) in [5.74, 6) is -0.592. The van der Waals surface area contributed by atoms with Crippen molar-refractivity contribution in [3.05, 3.63) is 76.1 Å². The zero-order chi connectivity index (χ0) is 16.4. The molecular weight excluding hydrogens is 290 g/mol. The van der Waals surface area contributed by atoms with E-state index in [9.17, 15) is 9.59 Å². The molecule has 4 nitrogen and oxygen atoms in total. The Morgan fingerprint density at radius 1 is 1.09 bits per heavy atom. The molecule has 0 saturated carbocycles. The van der Waals surface area contributed by atoms with E-state index in [1.807, 2.05) is 47.9 Å². The van der Waals surface area contributed by atoms with Crippen molar-refractivity contribution in [2.75, 3.05) is 6.61 Å². The van der Waals surface area contributed by atoms with E-state index in [0.29, 0.717) is 5.39 Å². The Hall–Kier alpha value is -2.88. The van der Waals surface area contributed by atoms with Crippen LogP contribution in [0.1, 0.15) is 22.8 Å². The molecule has 1 aromatic heterocycles. The third-order valence-electron chi connectivity index (χ3n) is 3.78. The van der Waals surface area contributed by atoms with Gasteiger partial charge >= 0.3 is 5.97 Å². The lowest BCUT2D eigenvalue weighted by Gasteiger charge is -2.15. The summed E-state index contributed by atoms with van der Waals surface area (Å²) in [6, 6.07) is 15.1. The van der Waals surface area contributed by atoms with Gasteiger partial charge in [0.2, 0.25) is 5.43 Å². The largest absolute Gasteiger partial charge is 0.462 e. The second kappa shape index (κ2) is 6.08. The maximum Gasteiger partial charge on any atom is 0.343 e. The first-order valence-corrected chi connectivity index (χ1v) is 7.51. The van der Waals surface area contributed by atoms with E-state index in [0.717, 1.165) is 16.8 Å². The number of esters is 1. The fraction of sp³-hybridized carbons (Fsp3) is 0.158. The lowest BCUT2D eigenvalue weighted by Crippen LogP contribution is -2.20. The summed E-state index contributed by atoms with van der Waals surface area (Å²) in [7, 11) is 0. The zero-order valence-corrected chi connectivity index (χ0v) is 13.1. The first-order valence-electron chi connectivity index (χ1n) is 7.51. The molecular formula is C19H17NO3. The molecule has 0 N–H and O–H groups in total. The summed E-state index contributed by atoms with van der Waals surface area (Å²) in [5, 5.41) is 0.501. The predicted molar refractivity (Wildman–Crippen MR) is 90.2 cm³/mol. The highest BCUT2D eigenvalue weighted by molar-refractivity contribution is 5.94. The van der Waals surface area contributed by atoms with E-state index in [-0.39, 0.29) is 17.6 Å². The van der Waals surface area contributed by atoms with Gasteiger partial charge in [-0.25, -0.2) is 4.79 Å². The molecule has 1 heterocycles. The predicted octanol–water partition coefficient (Wildman–Crippen LogP) is 3.48. The van der Waals surface area contributed by atoms with E-state index in [2.05, 4.69) is 0 Å². The Morgan fingerprint density at radius 3 is 2.52 bits per heavy atom. The smallest absolute Gasteiger partial charge is 0.343 e. The molecule has 3 rings (SSSR count). The minimum absolute atomic E-state index is 0.0498. The van der Waals surface area contributed by atoms with Crippen molar-refractivity contribution in [2.45, 2.75) is 13.8 Å². The quantitative estimate of drug-likeness (QED) is 0.696. The number of hydrogen-bond donors (Lipinski definition) is 0. The Labute approximate surface area is 133 Å². The molecule has 4 heteroatoms. The summed E-state index contributed by atoms with van der Waals surface area (Å²) in [6.07, 6.45) is 1.57. The van der Waals surface area contributed by atoms with Crippen LogP contribution >= 0.6 is 0 Å². The number of pyridine rings is 1. The Balaban J connectivity index is 2.37. The van der Waals surface area contributed by atoms with E-state index < -0.39 is 5.97 Å². The van der Waals surface area contributed by atoms with E-state index in [1.54, 1.807) is 25.3 Å². The number of para-hydroxylation sites is 2. The molecule has 0 saturated heterocycles. The number of fused-ring (bicyclic) bond motifs is 1. The third-order valence-corrected chi connectivity index (χ3v) is 3.78. The van der Waals surface area contributed by atoms with Gasteiger partial charge in [0.15, 0.2) is 0 Å². The van der Waals surface area contributed by atoms with E-state index in [1.165, 1.54) is 0 Å². The number of benzene rings is 2. The summed E-state index contributed by atoms with van der Waals surface area (Å²) in [5.41, 5.74) is 2.49. The average molecular weight is 307 g/mol. The lowest BCUT2D eigenvalue weighted by molar-refractivity contribution is 0.0524. The van der Waals surface area contributed by atoms with Gasteiger partial charge in [0.1, 0.15) is 5.56 Å².